The van der Waals surface area contributed by atoms with Crippen molar-refractivity contribution in [2.24, 2.45) is 16.6 Å². The van der Waals surface area contributed by atoms with Crippen molar-refractivity contribution in [2.75, 3.05) is 32.7 Å². The molecular weight excluding hydrogens is 351 g/mol. The molecule has 5 heteroatoms. The number of piperidine rings is 1. The molecule has 0 radical (unpaired) electrons. The van der Waals surface area contributed by atoms with Gasteiger partial charge in [-0.3, -0.25) is 0 Å². The second kappa shape index (κ2) is 10.5. The fourth-order valence-electron chi connectivity index (χ4n) is 2.28. The molecule has 0 spiro atoms. The van der Waals surface area contributed by atoms with E-state index in [0.717, 1.165) is 31.0 Å². The number of nitrogens with one attached hydrogen (secondary N) is 1. The second-order valence-electron chi connectivity index (χ2n) is 5.49. The summed E-state index contributed by atoms with van der Waals surface area (Å²) in [5.41, 5.74) is 6.78. The van der Waals surface area contributed by atoms with Crippen molar-refractivity contribution in [3.05, 3.63) is 12.2 Å². The molecule has 1 aliphatic rings. The Kier molecular flexibility index (Phi) is 10.3. The molecule has 0 amide bonds. The van der Waals surface area contributed by atoms with Crippen LogP contribution in [0.1, 0.15) is 33.1 Å². The maximum atomic E-state index is 5.75. The second-order valence-corrected chi connectivity index (χ2v) is 5.49. The molecule has 4 nitrogen and oxygen atoms in total. The van der Waals surface area contributed by atoms with Gasteiger partial charge in [-0.1, -0.05) is 19.1 Å². The highest BCUT2D eigenvalue weighted by molar-refractivity contribution is 14.0. The van der Waals surface area contributed by atoms with Crippen LogP contribution in [0, 0.1) is 5.92 Å². The molecule has 1 aliphatic heterocycles. The number of rotatable bonds is 6. The molecule has 1 rings (SSSR count). The molecule has 0 aromatic heterocycles. The van der Waals surface area contributed by atoms with Gasteiger partial charge in [-0.2, -0.15) is 0 Å². The van der Waals surface area contributed by atoms with E-state index in [-0.39, 0.29) is 24.0 Å². The molecule has 0 bridgehead atoms. The quantitative estimate of drug-likeness (QED) is 0.244. The number of nitrogens with two attached hydrogens (primary N) is 1. The number of hydrogen-bond donors (Lipinski definition) is 2. The van der Waals surface area contributed by atoms with E-state index in [1.165, 1.54) is 25.9 Å². The molecule has 1 heterocycles. The Morgan fingerprint density at radius 3 is 2.89 bits per heavy atom. The minimum atomic E-state index is 0. The first-order valence-electron chi connectivity index (χ1n) is 6.98. The summed E-state index contributed by atoms with van der Waals surface area (Å²) in [6.45, 7) is 13.3. The van der Waals surface area contributed by atoms with E-state index in [0.29, 0.717) is 12.5 Å². The van der Waals surface area contributed by atoms with Crippen molar-refractivity contribution in [1.29, 1.82) is 0 Å². The fourth-order valence-corrected chi connectivity index (χ4v) is 2.28. The normalized spacial score (nSPS) is 20.7. The summed E-state index contributed by atoms with van der Waals surface area (Å²) in [4.78, 5) is 6.74. The van der Waals surface area contributed by atoms with E-state index in [2.05, 4.69) is 28.7 Å². The van der Waals surface area contributed by atoms with Gasteiger partial charge in [0.25, 0.3) is 0 Å². The Bertz CT molecular complexity index is 291. The molecule has 1 fully saturated rings. The van der Waals surface area contributed by atoms with Crippen LogP contribution in [0.5, 0.6) is 0 Å². The van der Waals surface area contributed by atoms with Gasteiger partial charge in [-0.25, -0.2) is 4.99 Å². The van der Waals surface area contributed by atoms with Crippen LogP contribution in [0.15, 0.2) is 17.1 Å². The van der Waals surface area contributed by atoms with Crippen LogP contribution in [0.3, 0.4) is 0 Å². The van der Waals surface area contributed by atoms with Crippen molar-refractivity contribution >= 4 is 29.9 Å². The van der Waals surface area contributed by atoms with E-state index in [1.807, 2.05) is 6.92 Å². The topological polar surface area (TPSA) is 53.6 Å². The van der Waals surface area contributed by atoms with Gasteiger partial charge in [0.15, 0.2) is 5.96 Å². The van der Waals surface area contributed by atoms with E-state index in [9.17, 15) is 0 Å². The van der Waals surface area contributed by atoms with Crippen LogP contribution in [-0.4, -0.2) is 43.6 Å². The van der Waals surface area contributed by atoms with Crippen LogP contribution in [0.4, 0.5) is 0 Å². The van der Waals surface area contributed by atoms with Crippen LogP contribution in [0.2, 0.25) is 0 Å². The Morgan fingerprint density at radius 1 is 1.53 bits per heavy atom. The van der Waals surface area contributed by atoms with Gasteiger partial charge in [0.1, 0.15) is 0 Å². The van der Waals surface area contributed by atoms with E-state index >= 15 is 0 Å². The highest BCUT2D eigenvalue weighted by atomic mass is 127. The highest BCUT2D eigenvalue weighted by Crippen LogP contribution is 2.15. The largest absolute Gasteiger partial charge is 0.370 e. The number of hydrogen-bond acceptors (Lipinski definition) is 2. The third-order valence-corrected chi connectivity index (χ3v) is 3.22. The Labute approximate surface area is 134 Å². The zero-order valence-corrected chi connectivity index (χ0v) is 14.7. The summed E-state index contributed by atoms with van der Waals surface area (Å²) in [5.74, 6) is 1.39. The number of guanidine groups is 1. The molecule has 112 valence electrons. The molecule has 1 unspecified atom stereocenters. The van der Waals surface area contributed by atoms with E-state index in [4.69, 9.17) is 5.73 Å². The van der Waals surface area contributed by atoms with Crippen molar-refractivity contribution < 1.29 is 0 Å². The van der Waals surface area contributed by atoms with Crippen LogP contribution in [0.25, 0.3) is 0 Å². The third kappa shape index (κ3) is 9.27. The molecule has 1 saturated heterocycles. The molecule has 3 N–H and O–H groups in total. The minimum Gasteiger partial charge on any atom is -0.370 e. The lowest BCUT2D eigenvalue weighted by molar-refractivity contribution is 0.182. The maximum absolute atomic E-state index is 5.75. The summed E-state index contributed by atoms with van der Waals surface area (Å²) >= 11 is 0. The lowest BCUT2D eigenvalue weighted by Crippen LogP contribution is -2.38. The van der Waals surface area contributed by atoms with Gasteiger partial charge in [-0.15, -0.1) is 24.0 Å². The first-order chi connectivity index (χ1) is 8.58. The number of aliphatic imine (C=N–C) groups is 1. The number of nitrogens with zero attached hydrogens (tertiary/aromatic N) is 2. The summed E-state index contributed by atoms with van der Waals surface area (Å²) < 4.78 is 0. The number of likely N-dealkylation sites (tertiary alicyclic amines) is 1. The van der Waals surface area contributed by atoms with Crippen LogP contribution in [-0.2, 0) is 0 Å². The van der Waals surface area contributed by atoms with Crippen molar-refractivity contribution in [3.8, 4) is 0 Å². The highest BCUT2D eigenvalue weighted by Gasteiger charge is 2.15. The SMILES string of the molecule is C=C(C)CN=C(N)NCCCN1CCCC(C)C1.I. The summed E-state index contributed by atoms with van der Waals surface area (Å²) in [5, 5.41) is 3.15. The zero-order chi connectivity index (χ0) is 13.4. The standard InChI is InChI=1S/C14H28N4.HI/c1-12(2)10-17-14(15)16-7-5-9-18-8-4-6-13(3)11-18;/h13H,1,4-11H2,2-3H3,(H3,15,16,17);1H. The van der Waals surface area contributed by atoms with Crippen LogP contribution >= 0.6 is 24.0 Å². The average molecular weight is 380 g/mol. The van der Waals surface area contributed by atoms with Gasteiger partial charge in [0.05, 0.1) is 6.54 Å². The fraction of sp³-hybridized carbons (Fsp3) is 0.786. The first kappa shape index (κ1) is 18.7. The van der Waals surface area contributed by atoms with Gasteiger partial charge < -0.3 is 16.0 Å². The van der Waals surface area contributed by atoms with Gasteiger partial charge in [-0.05, 0) is 45.2 Å². The van der Waals surface area contributed by atoms with Crippen molar-refractivity contribution in [3.63, 3.8) is 0 Å². The lowest BCUT2D eigenvalue weighted by Gasteiger charge is -2.30. The third-order valence-electron chi connectivity index (χ3n) is 3.22. The van der Waals surface area contributed by atoms with E-state index < -0.39 is 0 Å². The Balaban J connectivity index is 0.00000324. The molecule has 0 aliphatic carbocycles. The molecule has 0 aromatic rings. The Morgan fingerprint density at radius 2 is 2.26 bits per heavy atom. The minimum absolute atomic E-state index is 0. The van der Waals surface area contributed by atoms with Gasteiger partial charge in [0.2, 0.25) is 0 Å². The number of halogens is 1. The Hall–Kier alpha value is -0.300. The smallest absolute Gasteiger partial charge is 0.188 e. The monoisotopic (exact) mass is 380 g/mol. The lowest BCUT2D eigenvalue weighted by atomic mass is 10.0. The predicted molar refractivity (Wildman–Crippen MR) is 94.2 cm³/mol. The molecule has 1 atom stereocenters. The molecule has 0 saturated carbocycles. The van der Waals surface area contributed by atoms with Gasteiger partial charge in [0, 0.05) is 13.1 Å². The molecular formula is C14H29IN4. The average Bonchev–Trinajstić information content (AvgIpc) is 2.32. The zero-order valence-electron chi connectivity index (χ0n) is 12.3. The summed E-state index contributed by atoms with van der Waals surface area (Å²) in [7, 11) is 0. The summed E-state index contributed by atoms with van der Waals surface area (Å²) in [6.07, 6.45) is 3.85. The van der Waals surface area contributed by atoms with Crippen molar-refractivity contribution in [2.45, 2.75) is 33.1 Å². The van der Waals surface area contributed by atoms with Crippen LogP contribution < -0.4 is 11.1 Å². The van der Waals surface area contributed by atoms with Gasteiger partial charge >= 0.3 is 0 Å². The van der Waals surface area contributed by atoms with Crippen molar-refractivity contribution in [1.82, 2.24) is 10.2 Å². The maximum Gasteiger partial charge on any atom is 0.188 e. The first-order valence-corrected chi connectivity index (χ1v) is 6.98. The summed E-state index contributed by atoms with van der Waals surface area (Å²) in [6, 6.07) is 0. The molecule has 19 heavy (non-hydrogen) atoms. The van der Waals surface area contributed by atoms with E-state index in [1.54, 1.807) is 0 Å². The molecule has 0 aromatic carbocycles. The predicted octanol–water partition coefficient (Wildman–Crippen LogP) is 2.21.